The maximum absolute atomic E-state index is 13.1. The van der Waals surface area contributed by atoms with Crippen molar-refractivity contribution in [3.8, 4) is 5.75 Å². The summed E-state index contributed by atoms with van der Waals surface area (Å²) in [5.74, 6) is -1.99. The van der Waals surface area contributed by atoms with E-state index >= 15 is 0 Å². The number of aliphatic hydroxyl groups excluding tert-OH is 1. The number of hydrogen-bond acceptors (Lipinski definition) is 5. The van der Waals surface area contributed by atoms with E-state index in [2.05, 4.69) is 0 Å². The smallest absolute Gasteiger partial charge is 0.307 e. The minimum absolute atomic E-state index is 0.0396. The third kappa shape index (κ3) is 4.45. The molecule has 31 heavy (non-hydrogen) atoms. The Balaban J connectivity index is 2.12. The normalized spacial score (nSPS) is 16.2. The number of amides is 1. The summed E-state index contributed by atoms with van der Waals surface area (Å²) in [6, 6.07) is 12.6. The summed E-state index contributed by atoms with van der Waals surface area (Å²) in [5.41, 5.74) is 1.63. The number of nitrogens with zero attached hydrogens (tertiary/aromatic N) is 1. The Labute approximate surface area is 180 Å². The summed E-state index contributed by atoms with van der Waals surface area (Å²) in [4.78, 5) is 38.4. The van der Waals surface area contributed by atoms with Crippen molar-refractivity contribution in [2.45, 2.75) is 32.7 Å². The average Bonchev–Trinajstić information content (AvgIpc) is 2.98. The third-order valence-electron chi connectivity index (χ3n) is 5.11. The molecule has 0 saturated heterocycles. The van der Waals surface area contributed by atoms with Crippen molar-refractivity contribution in [2.75, 3.05) is 12.0 Å². The van der Waals surface area contributed by atoms with Crippen LogP contribution in [-0.4, -0.2) is 35.0 Å². The van der Waals surface area contributed by atoms with Gasteiger partial charge < -0.3 is 14.9 Å². The number of benzene rings is 2. The van der Waals surface area contributed by atoms with Gasteiger partial charge in [-0.1, -0.05) is 44.2 Å². The molecule has 3 rings (SSSR count). The fourth-order valence-corrected chi connectivity index (χ4v) is 3.77. The first kappa shape index (κ1) is 22.1. The summed E-state index contributed by atoms with van der Waals surface area (Å²) in [5, 5.41) is 19.7. The number of para-hydroxylation sites is 1. The minimum atomic E-state index is -0.960. The number of carbonyl (C=O) groups is 3. The minimum Gasteiger partial charge on any atom is -0.503 e. The lowest BCUT2D eigenvalue weighted by Gasteiger charge is -2.28. The highest BCUT2D eigenvalue weighted by atomic mass is 16.5. The van der Waals surface area contributed by atoms with Gasteiger partial charge in [0, 0.05) is 17.7 Å². The Hall–Kier alpha value is -3.61. The van der Waals surface area contributed by atoms with Crippen LogP contribution in [0.4, 0.5) is 5.69 Å². The zero-order valence-electron chi connectivity index (χ0n) is 17.7. The molecule has 2 aromatic rings. The van der Waals surface area contributed by atoms with Gasteiger partial charge in [-0.3, -0.25) is 19.3 Å². The van der Waals surface area contributed by atoms with E-state index in [1.165, 1.54) is 12.0 Å². The van der Waals surface area contributed by atoms with E-state index in [-0.39, 0.29) is 30.1 Å². The molecule has 0 aliphatic carbocycles. The van der Waals surface area contributed by atoms with Gasteiger partial charge in [-0.2, -0.15) is 0 Å². The van der Waals surface area contributed by atoms with Crippen molar-refractivity contribution < 1.29 is 29.3 Å². The summed E-state index contributed by atoms with van der Waals surface area (Å²) in [7, 11) is 1.50. The van der Waals surface area contributed by atoms with Crippen LogP contribution in [0, 0.1) is 5.92 Å². The molecule has 0 bridgehead atoms. The predicted molar refractivity (Wildman–Crippen MR) is 115 cm³/mol. The number of aliphatic hydroxyl groups is 1. The topological polar surface area (TPSA) is 104 Å². The standard InChI is InChI=1S/C24H25NO6/c1-14(2)12-18(26)21-22(17-6-4-5-7-19(17)31-3)25(24(30)23(21)29)16-10-8-15(9-11-16)13-20(27)28/h4-11,14,22,29H,12-13H2,1-3H3,(H,27,28). The van der Waals surface area contributed by atoms with Gasteiger partial charge in [0.15, 0.2) is 11.5 Å². The second-order valence-electron chi connectivity index (χ2n) is 7.84. The van der Waals surface area contributed by atoms with Crippen molar-refractivity contribution in [2.24, 2.45) is 5.92 Å². The van der Waals surface area contributed by atoms with Crippen LogP contribution >= 0.6 is 0 Å². The number of anilines is 1. The Morgan fingerprint density at radius 2 is 1.74 bits per heavy atom. The lowest BCUT2D eigenvalue weighted by molar-refractivity contribution is -0.136. The fraction of sp³-hybridized carbons (Fsp3) is 0.292. The first-order valence-corrected chi connectivity index (χ1v) is 9.98. The predicted octanol–water partition coefficient (Wildman–Crippen LogP) is 3.84. The number of Topliss-reactive ketones (excluding diaryl/α,β-unsaturated/α-hetero) is 1. The van der Waals surface area contributed by atoms with Crippen LogP contribution in [0.3, 0.4) is 0 Å². The molecule has 0 spiro atoms. The number of carbonyl (C=O) groups excluding carboxylic acids is 2. The Morgan fingerprint density at radius 3 is 2.32 bits per heavy atom. The molecule has 0 fully saturated rings. The number of aliphatic carboxylic acids is 1. The van der Waals surface area contributed by atoms with E-state index in [0.717, 1.165) is 0 Å². The van der Waals surface area contributed by atoms with Gasteiger partial charge in [-0.15, -0.1) is 0 Å². The summed E-state index contributed by atoms with van der Waals surface area (Å²) in [6.07, 6.45) is 0.0372. The third-order valence-corrected chi connectivity index (χ3v) is 5.11. The molecule has 2 N–H and O–H groups in total. The van der Waals surface area contributed by atoms with Crippen LogP contribution in [0.25, 0.3) is 0 Å². The van der Waals surface area contributed by atoms with E-state index in [9.17, 15) is 19.5 Å². The van der Waals surface area contributed by atoms with Gasteiger partial charge in [-0.25, -0.2) is 0 Å². The number of hydrogen-bond donors (Lipinski definition) is 2. The largest absolute Gasteiger partial charge is 0.503 e. The van der Waals surface area contributed by atoms with Crippen LogP contribution < -0.4 is 9.64 Å². The quantitative estimate of drug-likeness (QED) is 0.669. The second-order valence-corrected chi connectivity index (χ2v) is 7.84. The highest BCUT2D eigenvalue weighted by molar-refractivity contribution is 6.16. The van der Waals surface area contributed by atoms with E-state index in [1.54, 1.807) is 48.5 Å². The van der Waals surface area contributed by atoms with Crippen LogP contribution in [0.5, 0.6) is 5.75 Å². The monoisotopic (exact) mass is 423 g/mol. The molecular formula is C24H25NO6. The molecule has 1 unspecified atom stereocenters. The summed E-state index contributed by atoms with van der Waals surface area (Å²) in [6.45, 7) is 3.78. The summed E-state index contributed by atoms with van der Waals surface area (Å²) < 4.78 is 5.47. The van der Waals surface area contributed by atoms with Crippen molar-refractivity contribution in [1.82, 2.24) is 0 Å². The molecule has 0 saturated carbocycles. The van der Waals surface area contributed by atoms with E-state index in [4.69, 9.17) is 9.84 Å². The lowest BCUT2D eigenvalue weighted by atomic mass is 9.91. The molecule has 7 heteroatoms. The highest BCUT2D eigenvalue weighted by Gasteiger charge is 2.45. The molecule has 1 aliphatic heterocycles. The highest BCUT2D eigenvalue weighted by Crippen LogP contribution is 2.44. The van der Waals surface area contributed by atoms with Gasteiger partial charge >= 0.3 is 5.97 Å². The Kier molecular flexibility index (Phi) is 6.44. The van der Waals surface area contributed by atoms with E-state index in [0.29, 0.717) is 22.6 Å². The molecule has 0 radical (unpaired) electrons. The first-order valence-electron chi connectivity index (χ1n) is 9.98. The zero-order chi connectivity index (χ0) is 22.7. The van der Waals surface area contributed by atoms with Crippen molar-refractivity contribution in [3.63, 3.8) is 0 Å². The first-order chi connectivity index (χ1) is 14.7. The Bertz CT molecular complexity index is 1040. The van der Waals surface area contributed by atoms with Crippen LogP contribution in [0.2, 0.25) is 0 Å². The fourth-order valence-electron chi connectivity index (χ4n) is 3.77. The van der Waals surface area contributed by atoms with Gasteiger partial charge in [0.25, 0.3) is 5.91 Å². The van der Waals surface area contributed by atoms with Gasteiger partial charge in [0.1, 0.15) is 5.75 Å². The second kappa shape index (κ2) is 9.04. The van der Waals surface area contributed by atoms with E-state index in [1.807, 2.05) is 13.8 Å². The molecule has 1 atom stereocenters. The molecule has 1 heterocycles. The van der Waals surface area contributed by atoms with Crippen molar-refractivity contribution in [1.29, 1.82) is 0 Å². The molecule has 2 aromatic carbocycles. The number of methoxy groups -OCH3 is 1. The maximum Gasteiger partial charge on any atom is 0.307 e. The molecule has 7 nitrogen and oxygen atoms in total. The van der Waals surface area contributed by atoms with Crippen LogP contribution in [-0.2, 0) is 20.8 Å². The molecular weight excluding hydrogens is 398 g/mol. The van der Waals surface area contributed by atoms with Gasteiger partial charge in [-0.05, 0) is 29.7 Å². The van der Waals surface area contributed by atoms with Crippen molar-refractivity contribution in [3.05, 3.63) is 71.0 Å². The SMILES string of the molecule is COc1ccccc1C1C(C(=O)CC(C)C)=C(O)C(=O)N1c1ccc(CC(=O)O)cc1. The molecule has 162 valence electrons. The molecule has 1 aliphatic rings. The summed E-state index contributed by atoms with van der Waals surface area (Å²) >= 11 is 0. The van der Waals surface area contributed by atoms with E-state index < -0.39 is 23.7 Å². The molecule has 1 amide bonds. The van der Waals surface area contributed by atoms with Gasteiger partial charge in [0.05, 0.1) is 25.1 Å². The van der Waals surface area contributed by atoms with Gasteiger partial charge in [0.2, 0.25) is 0 Å². The number of ether oxygens (including phenoxy) is 1. The molecule has 0 aromatic heterocycles. The lowest BCUT2D eigenvalue weighted by Crippen LogP contribution is -2.31. The van der Waals surface area contributed by atoms with Crippen LogP contribution in [0.15, 0.2) is 59.9 Å². The maximum atomic E-state index is 13.1. The zero-order valence-corrected chi connectivity index (χ0v) is 17.7. The average molecular weight is 423 g/mol. The number of carboxylic acid groups (broad SMARTS) is 1. The van der Waals surface area contributed by atoms with Crippen LogP contribution in [0.1, 0.15) is 37.4 Å². The Morgan fingerprint density at radius 1 is 1.10 bits per heavy atom. The number of rotatable bonds is 8. The van der Waals surface area contributed by atoms with Crippen molar-refractivity contribution >= 4 is 23.3 Å². The number of ketones is 1. The number of carboxylic acids is 1.